The minimum Gasteiger partial charge on any atom is -0.416 e. The molecule has 2 aromatic carbocycles. The number of rotatable bonds is 6. The molecule has 0 saturated carbocycles. The second-order valence-corrected chi connectivity index (χ2v) is 6.01. The van der Waals surface area contributed by atoms with E-state index < -0.39 is 0 Å². The van der Waals surface area contributed by atoms with Gasteiger partial charge in [0, 0.05) is 23.2 Å². The minimum absolute atomic E-state index is 0.0184. The third kappa shape index (κ3) is 4.32. The van der Waals surface area contributed by atoms with Crippen molar-refractivity contribution in [3.63, 3.8) is 0 Å². The number of benzene rings is 2. The van der Waals surface area contributed by atoms with Crippen molar-refractivity contribution < 1.29 is 9.21 Å². The first-order valence-electron chi connectivity index (χ1n) is 8.46. The molecule has 0 aliphatic heterocycles. The van der Waals surface area contributed by atoms with E-state index in [1.807, 2.05) is 55.5 Å². The average Bonchev–Trinajstić information content (AvgIpc) is 3.11. The van der Waals surface area contributed by atoms with E-state index in [1.54, 1.807) is 0 Å². The Hall–Kier alpha value is -2.95. The van der Waals surface area contributed by atoms with Gasteiger partial charge in [-0.3, -0.25) is 4.79 Å². The SMILES string of the molecule is CCCCC(=O)Nc1cccc(-c2nnc(-c3ccc(C)cc3)o2)c1. The summed E-state index contributed by atoms with van der Waals surface area (Å²) in [4.78, 5) is 11.9. The van der Waals surface area contributed by atoms with Gasteiger partial charge in [0.05, 0.1) is 0 Å². The zero-order valence-electron chi connectivity index (χ0n) is 14.5. The topological polar surface area (TPSA) is 68.0 Å². The van der Waals surface area contributed by atoms with E-state index in [0.29, 0.717) is 18.2 Å². The third-order valence-corrected chi connectivity index (χ3v) is 3.87. The maximum absolute atomic E-state index is 11.9. The Morgan fingerprint density at radius 2 is 1.76 bits per heavy atom. The van der Waals surface area contributed by atoms with Gasteiger partial charge in [-0.2, -0.15) is 0 Å². The molecule has 5 heteroatoms. The number of aryl methyl sites for hydroxylation is 1. The van der Waals surface area contributed by atoms with Crippen molar-refractivity contribution in [3.05, 3.63) is 54.1 Å². The number of nitrogens with zero attached hydrogens (tertiary/aromatic N) is 2. The summed E-state index contributed by atoms with van der Waals surface area (Å²) in [5, 5.41) is 11.1. The molecule has 0 aliphatic carbocycles. The molecule has 1 aromatic heterocycles. The first-order chi connectivity index (χ1) is 12.2. The smallest absolute Gasteiger partial charge is 0.248 e. The fourth-order valence-corrected chi connectivity index (χ4v) is 2.44. The van der Waals surface area contributed by atoms with Gasteiger partial charge in [-0.15, -0.1) is 10.2 Å². The van der Waals surface area contributed by atoms with Crippen LogP contribution in [0.1, 0.15) is 31.7 Å². The van der Waals surface area contributed by atoms with Crippen LogP contribution in [0.4, 0.5) is 5.69 Å². The van der Waals surface area contributed by atoms with E-state index in [1.165, 1.54) is 5.56 Å². The molecule has 0 saturated heterocycles. The molecule has 0 atom stereocenters. The van der Waals surface area contributed by atoms with Gasteiger partial charge in [0.15, 0.2) is 0 Å². The fraction of sp³-hybridized carbons (Fsp3) is 0.250. The summed E-state index contributed by atoms with van der Waals surface area (Å²) < 4.78 is 5.79. The predicted octanol–water partition coefficient (Wildman–Crippen LogP) is 4.84. The molecule has 25 heavy (non-hydrogen) atoms. The summed E-state index contributed by atoms with van der Waals surface area (Å²) in [6.45, 7) is 4.10. The average molecular weight is 335 g/mol. The van der Waals surface area contributed by atoms with Crippen LogP contribution in [0.5, 0.6) is 0 Å². The standard InChI is InChI=1S/C20H21N3O2/c1-3-4-8-18(24)21-17-7-5-6-16(13-17)20-23-22-19(25-20)15-11-9-14(2)10-12-15/h5-7,9-13H,3-4,8H2,1-2H3,(H,21,24). The highest BCUT2D eigenvalue weighted by atomic mass is 16.4. The van der Waals surface area contributed by atoms with Crippen LogP contribution in [0.15, 0.2) is 52.9 Å². The molecule has 0 aliphatic rings. The van der Waals surface area contributed by atoms with Crippen molar-refractivity contribution >= 4 is 11.6 Å². The molecule has 128 valence electrons. The zero-order valence-corrected chi connectivity index (χ0v) is 14.5. The number of hydrogen-bond acceptors (Lipinski definition) is 4. The van der Waals surface area contributed by atoms with Crippen LogP contribution in [0.3, 0.4) is 0 Å². The van der Waals surface area contributed by atoms with Gasteiger partial charge in [0.25, 0.3) is 0 Å². The molecule has 1 N–H and O–H groups in total. The van der Waals surface area contributed by atoms with Crippen molar-refractivity contribution in [2.75, 3.05) is 5.32 Å². The number of carbonyl (C=O) groups excluding carboxylic acids is 1. The lowest BCUT2D eigenvalue weighted by Gasteiger charge is -2.05. The fourth-order valence-electron chi connectivity index (χ4n) is 2.44. The maximum Gasteiger partial charge on any atom is 0.248 e. The lowest BCUT2D eigenvalue weighted by Crippen LogP contribution is -2.10. The van der Waals surface area contributed by atoms with Gasteiger partial charge in [-0.25, -0.2) is 0 Å². The number of carbonyl (C=O) groups is 1. The molecule has 0 spiro atoms. The summed E-state index contributed by atoms with van der Waals surface area (Å²) in [6.07, 6.45) is 2.41. The summed E-state index contributed by atoms with van der Waals surface area (Å²) in [7, 11) is 0. The first-order valence-corrected chi connectivity index (χ1v) is 8.46. The Morgan fingerprint density at radius 3 is 2.48 bits per heavy atom. The van der Waals surface area contributed by atoms with Crippen LogP contribution in [0, 0.1) is 6.92 Å². The number of anilines is 1. The zero-order chi connectivity index (χ0) is 17.6. The molecule has 0 radical (unpaired) electrons. The Morgan fingerprint density at radius 1 is 1.04 bits per heavy atom. The van der Waals surface area contributed by atoms with Crippen molar-refractivity contribution in [1.29, 1.82) is 0 Å². The lowest BCUT2D eigenvalue weighted by molar-refractivity contribution is -0.116. The summed E-state index contributed by atoms with van der Waals surface area (Å²) >= 11 is 0. The lowest BCUT2D eigenvalue weighted by atomic mass is 10.1. The quantitative estimate of drug-likeness (QED) is 0.700. The van der Waals surface area contributed by atoms with Crippen LogP contribution in [-0.4, -0.2) is 16.1 Å². The Bertz CT molecular complexity index is 853. The highest BCUT2D eigenvalue weighted by Crippen LogP contribution is 2.26. The monoisotopic (exact) mass is 335 g/mol. The Balaban J connectivity index is 1.77. The molecule has 1 heterocycles. The molecule has 3 aromatic rings. The molecular formula is C20H21N3O2. The second kappa shape index (κ2) is 7.75. The van der Waals surface area contributed by atoms with Gasteiger partial charge in [0.1, 0.15) is 0 Å². The summed E-state index contributed by atoms with van der Waals surface area (Å²) in [6, 6.07) is 15.4. The second-order valence-electron chi connectivity index (χ2n) is 6.01. The van der Waals surface area contributed by atoms with Crippen molar-refractivity contribution in [2.24, 2.45) is 0 Å². The normalized spacial score (nSPS) is 10.6. The van der Waals surface area contributed by atoms with Crippen LogP contribution >= 0.6 is 0 Å². The number of nitrogens with one attached hydrogen (secondary N) is 1. The molecule has 5 nitrogen and oxygen atoms in total. The molecule has 3 rings (SSSR count). The maximum atomic E-state index is 11.9. The first kappa shape index (κ1) is 16.9. The van der Waals surface area contributed by atoms with Gasteiger partial charge >= 0.3 is 0 Å². The van der Waals surface area contributed by atoms with Crippen LogP contribution in [-0.2, 0) is 4.79 Å². The molecular weight excluding hydrogens is 314 g/mol. The molecule has 1 amide bonds. The molecule has 0 unspecified atom stereocenters. The van der Waals surface area contributed by atoms with Gasteiger partial charge in [-0.1, -0.05) is 37.1 Å². The van der Waals surface area contributed by atoms with Crippen LogP contribution < -0.4 is 5.32 Å². The van der Waals surface area contributed by atoms with E-state index in [-0.39, 0.29) is 5.91 Å². The number of amides is 1. The highest BCUT2D eigenvalue weighted by molar-refractivity contribution is 5.91. The summed E-state index contributed by atoms with van der Waals surface area (Å²) in [5.74, 6) is 0.928. The predicted molar refractivity (Wildman–Crippen MR) is 98.1 cm³/mol. The van der Waals surface area contributed by atoms with Crippen molar-refractivity contribution in [3.8, 4) is 22.9 Å². The number of unbranched alkanes of at least 4 members (excludes halogenated alkanes) is 1. The van der Waals surface area contributed by atoms with Gasteiger partial charge in [0.2, 0.25) is 17.7 Å². The molecule has 0 bridgehead atoms. The van der Waals surface area contributed by atoms with E-state index >= 15 is 0 Å². The van der Waals surface area contributed by atoms with E-state index in [2.05, 4.69) is 22.4 Å². The highest BCUT2D eigenvalue weighted by Gasteiger charge is 2.11. The largest absolute Gasteiger partial charge is 0.416 e. The van der Waals surface area contributed by atoms with Crippen molar-refractivity contribution in [2.45, 2.75) is 33.1 Å². The van der Waals surface area contributed by atoms with Gasteiger partial charge in [-0.05, 0) is 43.7 Å². The minimum atomic E-state index is 0.0184. The Labute approximate surface area is 147 Å². The van der Waals surface area contributed by atoms with Crippen LogP contribution in [0.2, 0.25) is 0 Å². The number of aromatic nitrogens is 2. The molecule has 0 fully saturated rings. The summed E-state index contributed by atoms with van der Waals surface area (Å²) in [5.41, 5.74) is 3.57. The van der Waals surface area contributed by atoms with E-state index in [9.17, 15) is 4.79 Å². The van der Waals surface area contributed by atoms with Crippen molar-refractivity contribution in [1.82, 2.24) is 10.2 Å². The third-order valence-electron chi connectivity index (χ3n) is 3.87. The Kier molecular flexibility index (Phi) is 5.23. The van der Waals surface area contributed by atoms with E-state index in [0.717, 1.165) is 29.7 Å². The van der Waals surface area contributed by atoms with E-state index in [4.69, 9.17) is 4.42 Å². The number of hydrogen-bond donors (Lipinski definition) is 1. The van der Waals surface area contributed by atoms with Crippen LogP contribution in [0.25, 0.3) is 22.9 Å². The van der Waals surface area contributed by atoms with Gasteiger partial charge < -0.3 is 9.73 Å².